The zero-order valence-corrected chi connectivity index (χ0v) is 11.8. The van der Waals surface area contributed by atoms with E-state index in [0.29, 0.717) is 0 Å². The Bertz CT molecular complexity index is 415. The van der Waals surface area contributed by atoms with Crippen LogP contribution in [0.3, 0.4) is 0 Å². The van der Waals surface area contributed by atoms with Crippen LogP contribution in [0.4, 0.5) is 5.69 Å². The molecule has 0 spiro atoms. The Labute approximate surface area is 115 Å². The topological polar surface area (TPSA) is 26.7 Å². The summed E-state index contributed by atoms with van der Waals surface area (Å²) in [6.07, 6.45) is 3.74. The monoisotopic (exact) mass is 260 g/mol. The number of benzene rings is 1. The van der Waals surface area contributed by atoms with E-state index in [4.69, 9.17) is 0 Å². The maximum absolute atomic E-state index is 9.56. The van der Waals surface area contributed by atoms with Gasteiger partial charge in [-0.25, -0.2) is 0 Å². The third-order valence-corrected chi connectivity index (χ3v) is 4.58. The highest BCUT2D eigenvalue weighted by Gasteiger charge is 2.28. The molecule has 1 aromatic rings. The first-order valence-electron chi connectivity index (χ1n) is 7.51. The number of rotatable bonds is 2. The van der Waals surface area contributed by atoms with Crippen LogP contribution in [0.5, 0.6) is 0 Å². The zero-order valence-electron chi connectivity index (χ0n) is 11.8. The van der Waals surface area contributed by atoms with Crippen molar-refractivity contribution in [2.24, 2.45) is 0 Å². The van der Waals surface area contributed by atoms with Crippen LogP contribution in [0, 0.1) is 0 Å². The Morgan fingerprint density at radius 1 is 1.11 bits per heavy atom. The van der Waals surface area contributed by atoms with Gasteiger partial charge in [0.05, 0.1) is 6.10 Å². The summed E-state index contributed by atoms with van der Waals surface area (Å²) in [5, 5.41) is 9.56. The summed E-state index contributed by atoms with van der Waals surface area (Å²) in [6, 6.07) is 9.15. The molecule has 0 radical (unpaired) electrons. The first-order chi connectivity index (χ1) is 9.24. The van der Waals surface area contributed by atoms with Crippen LogP contribution < -0.4 is 4.90 Å². The highest BCUT2D eigenvalue weighted by atomic mass is 16.3. The molecule has 0 amide bonds. The fourth-order valence-electron chi connectivity index (χ4n) is 3.35. The van der Waals surface area contributed by atoms with Gasteiger partial charge in [0.2, 0.25) is 0 Å². The van der Waals surface area contributed by atoms with Gasteiger partial charge in [0.1, 0.15) is 0 Å². The molecular weight excluding hydrogens is 236 g/mol. The predicted molar refractivity (Wildman–Crippen MR) is 78.5 cm³/mol. The molecule has 2 fully saturated rings. The fourth-order valence-corrected chi connectivity index (χ4v) is 3.35. The fraction of sp³-hybridized carbons (Fsp3) is 0.625. The molecule has 2 heterocycles. The van der Waals surface area contributed by atoms with Gasteiger partial charge in [-0.3, -0.25) is 4.90 Å². The van der Waals surface area contributed by atoms with Gasteiger partial charge in [0, 0.05) is 31.4 Å². The van der Waals surface area contributed by atoms with E-state index in [2.05, 4.69) is 21.9 Å². The van der Waals surface area contributed by atoms with Crippen LogP contribution in [0.1, 0.15) is 37.9 Å². The smallest absolute Gasteiger partial charge is 0.0761 e. The van der Waals surface area contributed by atoms with Crippen LogP contribution in [0.15, 0.2) is 24.3 Å². The molecule has 3 rings (SSSR count). The van der Waals surface area contributed by atoms with Gasteiger partial charge in [0.25, 0.3) is 0 Å². The second-order valence-corrected chi connectivity index (χ2v) is 5.90. The Kier molecular flexibility index (Phi) is 3.76. The first kappa shape index (κ1) is 12.9. The molecular formula is C16H24N2O. The third-order valence-electron chi connectivity index (χ3n) is 4.58. The first-order valence-corrected chi connectivity index (χ1v) is 7.51. The van der Waals surface area contributed by atoms with Crippen LogP contribution >= 0.6 is 0 Å². The van der Waals surface area contributed by atoms with Gasteiger partial charge in [-0.1, -0.05) is 18.6 Å². The number of piperidine rings is 1. The van der Waals surface area contributed by atoms with Crippen molar-refractivity contribution in [3.63, 3.8) is 0 Å². The average molecular weight is 260 g/mol. The quantitative estimate of drug-likeness (QED) is 0.884. The summed E-state index contributed by atoms with van der Waals surface area (Å²) in [5.41, 5.74) is 2.30. The molecule has 2 atom stereocenters. The van der Waals surface area contributed by atoms with Crippen LogP contribution in [0.2, 0.25) is 0 Å². The lowest BCUT2D eigenvalue weighted by Gasteiger charge is -2.45. The number of hydrogen-bond acceptors (Lipinski definition) is 3. The summed E-state index contributed by atoms with van der Waals surface area (Å²) in [7, 11) is 0. The lowest BCUT2D eigenvalue weighted by molar-refractivity contribution is 0.133. The van der Waals surface area contributed by atoms with Gasteiger partial charge in [-0.15, -0.1) is 0 Å². The largest absolute Gasteiger partial charge is 0.389 e. The number of nitrogens with zero attached hydrogens (tertiary/aromatic N) is 2. The number of hydrogen-bond donors (Lipinski definition) is 1. The highest BCUT2D eigenvalue weighted by molar-refractivity contribution is 5.48. The molecule has 3 heteroatoms. The molecule has 0 bridgehead atoms. The Morgan fingerprint density at radius 3 is 2.63 bits per heavy atom. The minimum absolute atomic E-state index is 0.371. The van der Waals surface area contributed by atoms with Crippen molar-refractivity contribution in [2.75, 3.05) is 31.1 Å². The van der Waals surface area contributed by atoms with E-state index in [1.165, 1.54) is 38.0 Å². The van der Waals surface area contributed by atoms with E-state index in [1.807, 2.05) is 19.1 Å². The highest BCUT2D eigenvalue weighted by Crippen LogP contribution is 2.25. The van der Waals surface area contributed by atoms with Crippen molar-refractivity contribution in [2.45, 2.75) is 38.3 Å². The minimum atomic E-state index is -0.371. The SMILES string of the molecule is C[C@H](O)c1ccc(N2CCN3CCCCC3C2)cc1. The summed E-state index contributed by atoms with van der Waals surface area (Å²) in [4.78, 5) is 5.16. The maximum atomic E-state index is 9.56. The van der Waals surface area contributed by atoms with Crippen molar-refractivity contribution in [3.8, 4) is 0 Å². The lowest BCUT2D eigenvalue weighted by atomic mass is 9.99. The molecule has 3 nitrogen and oxygen atoms in total. The van der Waals surface area contributed by atoms with E-state index < -0.39 is 0 Å². The number of anilines is 1. The Balaban J connectivity index is 1.69. The van der Waals surface area contributed by atoms with Gasteiger partial charge < -0.3 is 10.0 Å². The summed E-state index contributed by atoms with van der Waals surface area (Å²) < 4.78 is 0. The Morgan fingerprint density at radius 2 is 1.89 bits per heavy atom. The maximum Gasteiger partial charge on any atom is 0.0761 e. The van der Waals surface area contributed by atoms with E-state index in [1.54, 1.807) is 0 Å². The van der Waals surface area contributed by atoms with Crippen molar-refractivity contribution in [3.05, 3.63) is 29.8 Å². The number of aliphatic hydroxyl groups excluding tert-OH is 1. The third kappa shape index (κ3) is 2.77. The normalized spacial score (nSPS) is 26.0. The van der Waals surface area contributed by atoms with Crippen LogP contribution in [0.25, 0.3) is 0 Å². The van der Waals surface area contributed by atoms with E-state index >= 15 is 0 Å². The van der Waals surface area contributed by atoms with Crippen molar-refractivity contribution < 1.29 is 5.11 Å². The van der Waals surface area contributed by atoms with Gasteiger partial charge in [-0.05, 0) is 44.0 Å². The Hall–Kier alpha value is -1.06. The molecule has 1 aromatic carbocycles. The number of fused-ring (bicyclic) bond motifs is 1. The molecule has 19 heavy (non-hydrogen) atoms. The molecule has 2 aliphatic rings. The van der Waals surface area contributed by atoms with Gasteiger partial charge in [0.15, 0.2) is 0 Å². The molecule has 0 aromatic heterocycles. The molecule has 1 N–H and O–H groups in total. The molecule has 0 aliphatic carbocycles. The van der Waals surface area contributed by atoms with Gasteiger partial charge >= 0.3 is 0 Å². The van der Waals surface area contributed by atoms with Crippen molar-refractivity contribution in [1.29, 1.82) is 0 Å². The second kappa shape index (κ2) is 5.51. The number of piperazine rings is 1. The lowest BCUT2D eigenvalue weighted by Crippen LogP contribution is -2.54. The van der Waals surface area contributed by atoms with E-state index in [9.17, 15) is 5.11 Å². The summed E-state index contributed by atoms with van der Waals surface area (Å²) in [5.74, 6) is 0. The van der Waals surface area contributed by atoms with Crippen molar-refractivity contribution >= 4 is 5.69 Å². The van der Waals surface area contributed by atoms with Crippen LogP contribution in [-0.4, -0.2) is 42.2 Å². The van der Waals surface area contributed by atoms with Crippen LogP contribution in [-0.2, 0) is 0 Å². The standard InChI is InChI=1S/C16H24N2O/c1-13(19)14-5-7-15(8-6-14)18-11-10-17-9-3-2-4-16(17)12-18/h5-8,13,16,19H,2-4,9-12H2,1H3/t13-,16?/m0/s1. The van der Waals surface area contributed by atoms with Crippen molar-refractivity contribution in [1.82, 2.24) is 4.90 Å². The summed E-state index contributed by atoms with van der Waals surface area (Å²) >= 11 is 0. The molecule has 1 unspecified atom stereocenters. The van der Waals surface area contributed by atoms with Gasteiger partial charge in [-0.2, -0.15) is 0 Å². The second-order valence-electron chi connectivity index (χ2n) is 5.90. The molecule has 0 saturated carbocycles. The molecule has 2 saturated heterocycles. The molecule has 2 aliphatic heterocycles. The summed E-state index contributed by atoms with van der Waals surface area (Å²) in [6.45, 7) is 6.59. The average Bonchev–Trinajstić information content (AvgIpc) is 2.47. The van der Waals surface area contributed by atoms with E-state index in [0.717, 1.165) is 24.7 Å². The van der Waals surface area contributed by atoms with E-state index in [-0.39, 0.29) is 6.10 Å². The molecule has 104 valence electrons. The minimum Gasteiger partial charge on any atom is -0.389 e. The zero-order chi connectivity index (χ0) is 13.2. The predicted octanol–water partition coefficient (Wildman–Crippen LogP) is 2.41. The number of aliphatic hydroxyl groups is 1.